The highest BCUT2D eigenvalue weighted by molar-refractivity contribution is 6.21. The van der Waals surface area contributed by atoms with Gasteiger partial charge in [0.25, 0.3) is 0 Å². The van der Waals surface area contributed by atoms with Gasteiger partial charge in [-0.05, 0) is 33.1 Å². The van der Waals surface area contributed by atoms with Crippen molar-refractivity contribution in [2.24, 2.45) is 5.92 Å². The van der Waals surface area contributed by atoms with Crippen LogP contribution < -0.4 is 0 Å². The van der Waals surface area contributed by atoms with Gasteiger partial charge in [0.2, 0.25) is 0 Å². The summed E-state index contributed by atoms with van der Waals surface area (Å²) in [6, 6.07) is 0. The predicted octanol–water partition coefficient (Wildman–Crippen LogP) is 3.76. The number of alkyl halides is 1. The first-order valence-electron chi connectivity index (χ1n) is 7.66. The van der Waals surface area contributed by atoms with E-state index in [0.29, 0.717) is 12.5 Å². The molecule has 0 saturated carbocycles. The van der Waals surface area contributed by atoms with Gasteiger partial charge >= 0.3 is 0 Å². The van der Waals surface area contributed by atoms with Gasteiger partial charge in [-0.2, -0.15) is 0 Å². The lowest BCUT2D eigenvalue weighted by Gasteiger charge is -2.35. The SMILES string of the molecule is Cc1noc(C)c1COC1CC2(C(C)C)OC1(C)CC2Cl. The topological polar surface area (TPSA) is 44.5 Å². The number of rotatable bonds is 4. The summed E-state index contributed by atoms with van der Waals surface area (Å²) in [5.74, 6) is 1.21. The van der Waals surface area contributed by atoms with Gasteiger partial charge in [0.1, 0.15) is 5.76 Å². The van der Waals surface area contributed by atoms with Crippen molar-refractivity contribution in [1.82, 2.24) is 5.16 Å². The molecule has 3 heterocycles. The summed E-state index contributed by atoms with van der Waals surface area (Å²) in [5.41, 5.74) is 1.41. The fraction of sp³-hybridized carbons (Fsp3) is 0.812. The van der Waals surface area contributed by atoms with Crippen LogP contribution >= 0.6 is 11.6 Å². The highest BCUT2D eigenvalue weighted by Gasteiger charge is 2.65. The summed E-state index contributed by atoms with van der Waals surface area (Å²) in [6.07, 6.45) is 1.78. The minimum absolute atomic E-state index is 0.0708. The lowest BCUT2D eigenvalue weighted by molar-refractivity contribution is -0.0959. The zero-order valence-corrected chi connectivity index (χ0v) is 14.2. The molecule has 2 fully saturated rings. The van der Waals surface area contributed by atoms with Crippen LogP contribution in [0.25, 0.3) is 0 Å². The smallest absolute Gasteiger partial charge is 0.139 e. The molecule has 0 spiro atoms. The third kappa shape index (κ3) is 2.23. The van der Waals surface area contributed by atoms with Crippen LogP contribution in [0.1, 0.15) is 50.6 Å². The van der Waals surface area contributed by atoms with Crippen LogP contribution in [0.4, 0.5) is 0 Å². The molecule has 21 heavy (non-hydrogen) atoms. The molecule has 0 amide bonds. The molecule has 4 nitrogen and oxygen atoms in total. The lowest BCUT2D eigenvalue weighted by atomic mass is 9.75. The van der Waals surface area contributed by atoms with E-state index in [2.05, 4.69) is 25.9 Å². The van der Waals surface area contributed by atoms with Crippen molar-refractivity contribution >= 4 is 11.6 Å². The Balaban J connectivity index is 1.74. The van der Waals surface area contributed by atoms with Crippen LogP contribution in [0.5, 0.6) is 0 Å². The van der Waals surface area contributed by atoms with Gasteiger partial charge in [-0.15, -0.1) is 11.6 Å². The average molecular weight is 314 g/mol. The number of halogens is 1. The summed E-state index contributed by atoms with van der Waals surface area (Å²) in [4.78, 5) is 0. The predicted molar refractivity (Wildman–Crippen MR) is 80.5 cm³/mol. The van der Waals surface area contributed by atoms with Gasteiger partial charge < -0.3 is 14.0 Å². The van der Waals surface area contributed by atoms with Crippen molar-refractivity contribution in [3.8, 4) is 0 Å². The van der Waals surface area contributed by atoms with Crippen LogP contribution in [-0.4, -0.2) is 27.8 Å². The minimum Gasteiger partial charge on any atom is -0.370 e. The van der Waals surface area contributed by atoms with E-state index in [1.54, 1.807) is 0 Å². The van der Waals surface area contributed by atoms with Gasteiger partial charge in [-0.1, -0.05) is 19.0 Å². The first kappa shape index (κ1) is 15.3. The van der Waals surface area contributed by atoms with E-state index in [9.17, 15) is 0 Å². The molecule has 1 aromatic rings. The second-order valence-corrected chi connectivity index (χ2v) is 7.53. The Morgan fingerprint density at radius 1 is 1.38 bits per heavy atom. The third-order valence-corrected chi connectivity index (χ3v) is 5.83. The number of hydrogen-bond acceptors (Lipinski definition) is 4. The molecule has 2 aliphatic rings. The van der Waals surface area contributed by atoms with E-state index in [1.165, 1.54) is 0 Å². The molecule has 4 unspecified atom stereocenters. The number of aromatic nitrogens is 1. The molecule has 3 rings (SSSR count). The molecule has 0 aliphatic carbocycles. The summed E-state index contributed by atoms with van der Waals surface area (Å²) in [7, 11) is 0. The largest absolute Gasteiger partial charge is 0.370 e. The number of fused-ring (bicyclic) bond motifs is 2. The van der Waals surface area contributed by atoms with Crippen molar-refractivity contribution in [2.75, 3.05) is 0 Å². The molecule has 2 saturated heterocycles. The Morgan fingerprint density at radius 2 is 2.10 bits per heavy atom. The second-order valence-electron chi connectivity index (χ2n) is 7.00. The zero-order valence-electron chi connectivity index (χ0n) is 13.4. The molecule has 118 valence electrons. The average Bonchev–Trinajstić information content (AvgIpc) is 2.96. The zero-order chi connectivity index (χ0) is 15.4. The van der Waals surface area contributed by atoms with E-state index < -0.39 is 0 Å². The number of ether oxygens (including phenoxy) is 2. The van der Waals surface area contributed by atoms with E-state index in [1.807, 2.05) is 13.8 Å². The van der Waals surface area contributed by atoms with E-state index in [-0.39, 0.29) is 22.7 Å². The summed E-state index contributed by atoms with van der Waals surface area (Å²) >= 11 is 6.56. The Morgan fingerprint density at radius 3 is 2.62 bits per heavy atom. The summed E-state index contributed by atoms with van der Waals surface area (Å²) < 4.78 is 17.7. The maximum absolute atomic E-state index is 6.56. The van der Waals surface area contributed by atoms with Gasteiger partial charge in [0.05, 0.1) is 35.0 Å². The minimum atomic E-state index is -0.282. The Labute approximate surface area is 131 Å². The van der Waals surface area contributed by atoms with E-state index in [4.69, 9.17) is 25.6 Å². The fourth-order valence-electron chi connectivity index (χ4n) is 3.78. The first-order valence-corrected chi connectivity index (χ1v) is 8.10. The molecule has 4 atom stereocenters. The molecular formula is C16H24ClNO3. The summed E-state index contributed by atoms with van der Waals surface area (Å²) in [5, 5.41) is 4.04. The van der Waals surface area contributed by atoms with Gasteiger partial charge in [0, 0.05) is 12.0 Å². The molecule has 5 heteroatoms. The Kier molecular flexibility index (Phi) is 3.62. The number of nitrogens with zero attached hydrogens (tertiary/aromatic N) is 1. The lowest BCUT2D eigenvalue weighted by Crippen LogP contribution is -2.45. The monoisotopic (exact) mass is 313 g/mol. The van der Waals surface area contributed by atoms with Crippen molar-refractivity contribution in [1.29, 1.82) is 0 Å². The second kappa shape index (κ2) is 4.97. The molecular weight excluding hydrogens is 290 g/mol. The van der Waals surface area contributed by atoms with E-state index >= 15 is 0 Å². The van der Waals surface area contributed by atoms with Crippen LogP contribution in [0.2, 0.25) is 0 Å². The van der Waals surface area contributed by atoms with Gasteiger partial charge in [-0.3, -0.25) is 0 Å². The van der Waals surface area contributed by atoms with Crippen molar-refractivity contribution in [3.05, 3.63) is 17.0 Å². The summed E-state index contributed by atoms with van der Waals surface area (Å²) in [6.45, 7) is 10.9. The molecule has 2 aliphatic heterocycles. The first-order chi connectivity index (χ1) is 9.78. The maximum Gasteiger partial charge on any atom is 0.139 e. The number of aryl methyl sites for hydroxylation is 2. The van der Waals surface area contributed by atoms with Crippen LogP contribution in [0.15, 0.2) is 4.52 Å². The van der Waals surface area contributed by atoms with Crippen LogP contribution in [-0.2, 0) is 16.1 Å². The highest BCUT2D eigenvalue weighted by Crippen LogP contribution is 2.57. The van der Waals surface area contributed by atoms with Crippen molar-refractivity contribution in [3.63, 3.8) is 0 Å². The molecule has 1 aromatic heterocycles. The van der Waals surface area contributed by atoms with Gasteiger partial charge in [-0.25, -0.2) is 0 Å². The quantitative estimate of drug-likeness (QED) is 0.794. The molecule has 0 N–H and O–H groups in total. The molecule has 0 aromatic carbocycles. The molecule has 0 radical (unpaired) electrons. The van der Waals surface area contributed by atoms with Crippen LogP contribution in [0, 0.1) is 19.8 Å². The third-order valence-electron chi connectivity index (χ3n) is 5.31. The van der Waals surface area contributed by atoms with Crippen molar-refractivity contribution < 1.29 is 14.0 Å². The fourth-order valence-corrected chi connectivity index (χ4v) is 4.47. The van der Waals surface area contributed by atoms with Crippen molar-refractivity contribution in [2.45, 2.75) is 76.8 Å². The standard InChI is InChI=1S/C16H24ClNO3/c1-9(2)16-7-14(15(5,21-16)6-13(16)17)19-8-12-10(3)18-20-11(12)4/h9,13-14H,6-8H2,1-5H3. The normalized spacial score (nSPS) is 38.6. The Hall–Kier alpha value is -0.580. The Bertz CT molecular complexity index is 524. The number of hydrogen-bond donors (Lipinski definition) is 0. The van der Waals surface area contributed by atoms with E-state index in [0.717, 1.165) is 29.9 Å². The highest BCUT2D eigenvalue weighted by atomic mass is 35.5. The maximum atomic E-state index is 6.56. The molecule has 2 bridgehead atoms. The van der Waals surface area contributed by atoms with Crippen LogP contribution in [0.3, 0.4) is 0 Å². The van der Waals surface area contributed by atoms with Gasteiger partial charge in [0.15, 0.2) is 0 Å².